The lowest BCUT2D eigenvalue weighted by Gasteiger charge is -2.23. The molecule has 0 saturated heterocycles. The van der Waals surface area contributed by atoms with Gasteiger partial charge < -0.3 is 15.4 Å². The van der Waals surface area contributed by atoms with E-state index in [4.69, 9.17) is 4.74 Å². The van der Waals surface area contributed by atoms with E-state index in [2.05, 4.69) is 21.7 Å². The van der Waals surface area contributed by atoms with Crippen molar-refractivity contribution in [2.24, 2.45) is 0 Å². The van der Waals surface area contributed by atoms with Crippen molar-refractivity contribution < 1.29 is 14.3 Å². The van der Waals surface area contributed by atoms with E-state index < -0.39 is 11.5 Å². The molecule has 1 aliphatic rings. The van der Waals surface area contributed by atoms with Crippen molar-refractivity contribution in [3.63, 3.8) is 0 Å². The topological polar surface area (TPSA) is 80.3 Å². The zero-order chi connectivity index (χ0) is 22.7. The first-order valence-corrected chi connectivity index (χ1v) is 10.7. The average molecular weight is 430 g/mol. The zero-order valence-electron chi connectivity index (χ0n) is 18.5. The van der Waals surface area contributed by atoms with Crippen molar-refractivity contribution in [1.29, 1.82) is 0 Å². The second kappa shape index (κ2) is 8.83. The summed E-state index contributed by atoms with van der Waals surface area (Å²) in [6.07, 6.45) is 3.28. The quantitative estimate of drug-likeness (QED) is 0.600. The van der Waals surface area contributed by atoms with Gasteiger partial charge in [-0.2, -0.15) is 0 Å². The van der Waals surface area contributed by atoms with E-state index in [1.54, 1.807) is 32.5 Å². The number of carbonyl (C=O) groups is 2. The van der Waals surface area contributed by atoms with Crippen LogP contribution in [0.5, 0.6) is 5.75 Å². The maximum atomic E-state index is 13.5. The number of rotatable bonds is 7. The molecule has 6 nitrogen and oxygen atoms in total. The van der Waals surface area contributed by atoms with Crippen LogP contribution in [0.2, 0.25) is 0 Å². The SMILES string of the molecule is CNC(=O)C(NC(=O)C1(c2cccc(-c3ccnc(C)c3)c2)CC1)c1cccc(OC)c1. The molecule has 32 heavy (non-hydrogen) atoms. The lowest BCUT2D eigenvalue weighted by Crippen LogP contribution is -2.43. The van der Waals surface area contributed by atoms with Gasteiger partial charge >= 0.3 is 0 Å². The highest BCUT2D eigenvalue weighted by Crippen LogP contribution is 2.49. The molecule has 2 aromatic carbocycles. The fourth-order valence-corrected chi connectivity index (χ4v) is 4.03. The van der Waals surface area contributed by atoms with Gasteiger partial charge in [-0.25, -0.2) is 0 Å². The summed E-state index contributed by atoms with van der Waals surface area (Å²) in [5.41, 5.74) is 4.07. The van der Waals surface area contributed by atoms with Crippen LogP contribution in [0.4, 0.5) is 0 Å². The standard InChI is InChI=1S/C26H27N3O3/c1-17-14-19(10-13-28-17)18-6-4-8-21(15-18)26(11-12-26)25(31)29-23(24(30)27-2)20-7-5-9-22(16-20)32-3/h4-10,13-16,23H,11-12H2,1-3H3,(H,27,30)(H,29,31). The van der Waals surface area contributed by atoms with Gasteiger partial charge in [0.15, 0.2) is 0 Å². The molecule has 0 radical (unpaired) electrons. The van der Waals surface area contributed by atoms with E-state index >= 15 is 0 Å². The van der Waals surface area contributed by atoms with E-state index in [9.17, 15) is 9.59 Å². The molecule has 1 aromatic heterocycles. The summed E-state index contributed by atoms with van der Waals surface area (Å²) in [4.78, 5) is 30.4. The highest BCUT2D eigenvalue weighted by atomic mass is 16.5. The minimum Gasteiger partial charge on any atom is -0.497 e. The van der Waals surface area contributed by atoms with Crippen molar-refractivity contribution >= 4 is 11.8 Å². The summed E-state index contributed by atoms with van der Waals surface area (Å²) in [6, 6.07) is 18.5. The molecule has 1 saturated carbocycles. The molecule has 2 N–H and O–H groups in total. The minimum absolute atomic E-state index is 0.142. The van der Waals surface area contributed by atoms with Crippen molar-refractivity contribution in [3.8, 4) is 16.9 Å². The van der Waals surface area contributed by atoms with Gasteiger partial charge in [-0.1, -0.05) is 36.4 Å². The molecule has 2 amide bonds. The number of likely N-dealkylation sites (N-methyl/N-ethyl adjacent to an activating group) is 1. The van der Waals surface area contributed by atoms with Crippen molar-refractivity contribution in [3.05, 3.63) is 83.7 Å². The normalized spacial score (nSPS) is 14.8. The van der Waals surface area contributed by atoms with Crippen LogP contribution >= 0.6 is 0 Å². The second-order valence-electron chi connectivity index (χ2n) is 8.15. The average Bonchev–Trinajstić information content (AvgIpc) is 3.64. The van der Waals surface area contributed by atoms with Gasteiger partial charge in [0, 0.05) is 18.9 Å². The summed E-state index contributed by atoms with van der Waals surface area (Å²) in [5.74, 6) is 0.215. The molecule has 0 spiro atoms. The number of aryl methyl sites for hydroxylation is 1. The van der Waals surface area contributed by atoms with E-state index in [-0.39, 0.29) is 11.8 Å². The van der Waals surface area contributed by atoms with Gasteiger partial charge in [-0.15, -0.1) is 0 Å². The summed E-state index contributed by atoms with van der Waals surface area (Å²) >= 11 is 0. The van der Waals surface area contributed by atoms with Crippen LogP contribution in [-0.4, -0.2) is 31.0 Å². The molecule has 0 aliphatic heterocycles. The fraction of sp³-hybridized carbons (Fsp3) is 0.269. The van der Waals surface area contributed by atoms with E-state index in [1.165, 1.54) is 0 Å². The molecule has 1 atom stereocenters. The Kier molecular flexibility index (Phi) is 5.95. The Morgan fingerprint density at radius 2 is 1.78 bits per heavy atom. The van der Waals surface area contributed by atoms with E-state index in [1.807, 2.05) is 49.4 Å². The lowest BCUT2D eigenvalue weighted by atomic mass is 9.91. The molecule has 0 bridgehead atoms. The first kappa shape index (κ1) is 21.6. The van der Waals surface area contributed by atoms with Crippen molar-refractivity contribution in [1.82, 2.24) is 15.6 Å². The van der Waals surface area contributed by atoms with Crippen molar-refractivity contribution in [2.45, 2.75) is 31.2 Å². The van der Waals surface area contributed by atoms with E-state index in [0.717, 1.165) is 35.2 Å². The largest absolute Gasteiger partial charge is 0.497 e. The number of carbonyl (C=O) groups excluding carboxylic acids is 2. The Balaban J connectivity index is 1.62. The maximum Gasteiger partial charge on any atom is 0.246 e. The second-order valence-corrected chi connectivity index (χ2v) is 8.15. The number of pyridine rings is 1. The molecule has 4 rings (SSSR count). The third-order valence-corrected chi connectivity index (χ3v) is 6.04. The van der Waals surface area contributed by atoms with Gasteiger partial charge in [0.25, 0.3) is 0 Å². The van der Waals surface area contributed by atoms with Gasteiger partial charge in [0.05, 0.1) is 12.5 Å². The monoisotopic (exact) mass is 429 g/mol. The minimum atomic E-state index is -0.800. The summed E-state index contributed by atoms with van der Waals surface area (Å²) in [5, 5.41) is 5.64. The van der Waals surface area contributed by atoms with Crippen LogP contribution in [0.1, 0.15) is 35.7 Å². The lowest BCUT2D eigenvalue weighted by molar-refractivity contribution is -0.130. The van der Waals surface area contributed by atoms with Crippen LogP contribution in [-0.2, 0) is 15.0 Å². The highest BCUT2D eigenvalue weighted by molar-refractivity contribution is 5.96. The molecule has 3 aromatic rings. The number of benzene rings is 2. The summed E-state index contributed by atoms with van der Waals surface area (Å²) in [7, 11) is 3.14. The Bertz CT molecular complexity index is 1150. The number of amides is 2. The Morgan fingerprint density at radius 3 is 2.47 bits per heavy atom. The third-order valence-electron chi connectivity index (χ3n) is 6.04. The predicted molar refractivity (Wildman–Crippen MR) is 123 cm³/mol. The summed E-state index contributed by atoms with van der Waals surface area (Å²) < 4.78 is 5.29. The number of aromatic nitrogens is 1. The van der Waals surface area contributed by atoms with E-state index in [0.29, 0.717) is 11.3 Å². The predicted octanol–water partition coefficient (Wildman–Crippen LogP) is 3.70. The van der Waals surface area contributed by atoms with Crippen molar-refractivity contribution in [2.75, 3.05) is 14.2 Å². The Hall–Kier alpha value is -3.67. The highest BCUT2D eigenvalue weighted by Gasteiger charge is 2.52. The Labute approximate surface area is 188 Å². The first-order valence-electron chi connectivity index (χ1n) is 10.7. The van der Waals surface area contributed by atoms with Crippen LogP contribution in [0.25, 0.3) is 11.1 Å². The molecule has 6 heteroatoms. The first-order chi connectivity index (χ1) is 15.5. The third kappa shape index (κ3) is 4.21. The van der Waals surface area contributed by atoms with Gasteiger partial charge in [-0.05, 0) is 66.3 Å². The number of ether oxygens (including phenoxy) is 1. The maximum absolute atomic E-state index is 13.5. The number of hydrogen-bond acceptors (Lipinski definition) is 4. The van der Waals surface area contributed by atoms with Crippen LogP contribution in [0, 0.1) is 6.92 Å². The molecule has 1 unspecified atom stereocenters. The number of methoxy groups -OCH3 is 1. The molecule has 164 valence electrons. The number of nitrogens with one attached hydrogen (secondary N) is 2. The smallest absolute Gasteiger partial charge is 0.246 e. The molecular formula is C26H27N3O3. The Morgan fingerprint density at radius 1 is 1.03 bits per heavy atom. The van der Waals surface area contributed by atoms with Crippen LogP contribution in [0.3, 0.4) is 0 Å². The van der Waals surface area contributed by atoms with Crippen LogP contribution in [0.15, 0.2) is 66.9 Å². The van der Waals surface area contributed by atoms with Gasteiger partial charge in [0.1, 0.15) is 11.8 Å². The van der Waals surface area contributed by atoms with Gasteiger partial charge in [-0.3, -0.25) is 14.6 Å². The fourth-order valence-electron chi connectivity index (χ4n) is 4.03. The molecule has 1 fully saturated rings. The summed E-state index contributed by atoms with van der Waals surface area (Å²) in [6.45, 7) is 1.96. The zero-order valence-corrected chi connectivity index (χ0v) is 18.5. The molecule has 1 aliphatic carbocycles. The number of hydrogen-bond donors (Lipinski definition) is 2. The number of nitrogens with zero attached hydrogens (tertiary/aromatic N) is 1. The molecule has 1 heterocycles. The van der Waals surface area contributed by atoms with Gasteiger partial charge in [0.2, 0.25) is 11.8 Å². The van der Waals surface area contributed by atoms with Crippen LogP contribution < -0.4 is 15.4 Å². The molecular weight excluding hydrogens is 402 g/mol.